The Labute approximate surface area is 188 Å². The molecule has 0 aliphatic rings. The number of anilines is 1. The summed E-state index contributed by atoms with van der Waals surface area (Å²) in [5.41, 5.74) is 2.71. The number of carbonyl (C=O) groups excluding carboxylic acids is 1. The number of nitrogens with zero attached hydrogens (tertiary/aromatic N) is 3. The first-order chi connectivity index (χ1) is 14.4. The molecule has 1 N–H and O–H groups in total. The summed E-state index contributed by atoms with van der Waals surface area (Å²) < 4.78 is 1.59. The van der Waals surface area contributed by atoms with Crippen LogP contribution in [0.1, 0.15) is 16.2 Å². The molecule has 30 heavy (non-hydrogen) atoms. The number of hydrogen-bond acceptors (Lipinski definition) is 3. The fourth-order valence-electron chi connectivity index (χ4n) is 2.96. The molecule has 1 heterocycles. The minimum atomic E-state index is -0.482. The van der Waals surface area contributed by atoms with Crippen molar-refractivity contribution >= 4 is 46.4 Å². The lowest BCUT2D eigenvalue weighted by Gasteiger charge is -2.10. The SMILES string of the molecule is Cc1c(Cl)cccc1-n1nc(C(=O)Nc2ccccc2Cl)nc1-c1cccc(Cl)c1. The summed E-state index contributed by atoms with van der Waals surface area (Å²) in [5, 5.41) is 8.76. The maximum Gasteiger partial charge on any atom is 0.295 e. The average Bonchev–Trinajstić information content (AvgIpc) is 3.17. The highest BCUT2D eigenvalue weighted by Gasteiger charge is 2.21. The molecule has 3 aromatic carbocycles. The number of carbonyl (C=O) groups is 1. The van der Waals surface area contributed by atoms with Crippen molar-refractivity contribution in [2.75, 3.05) is 5.32 Å². The van der Waals surface area contributed by atoms with E-state index in [2.05, 4.69) is 15.4 Å². The van der Waals surface area contributed by atoms with Crippen LogP contribution in [0.5, 0.6) is 0 Å². The van der Waals surface area contributed by atoms with Crippen LogP contribution in [0.3, 0.4) is 0 Å². The monoisotopic (exact) mass is 456 g/mol. The quantitative estimate of drug-likeness (QED) is 0.383. The van der Waals surface area contributed by atoms with E-state index in [4.69, 9.17) is 34.8 Å². The number of para-hydroxylation sites is 1. The highest BCUT2D eigenvalue weighted by Crippen LogP contribution is 2.28. The van der Waals surface area contributed by atoms with Gasteiger partial charge in [0.2, 0.25) is 5.82 Å². The van der Waals surface area contributed by atoms with E-state index < -0.39 is 5.91 Å². The Balaban J connectivity index is 1.83. The second-order valence-electron chi connectivity index (χ2n) is 6.50. The average molecular weight is 458 g/mol. The molecule has 1 amide bonds. The van der Waals surface area contributed by atoms with Gasteiger partial charge in [0, 0.05) is 15.6 Å². The fourth-order valence-corrected chi connectivity index (χ4v) is 3.50. The normalized spacial score (nSPS) is 10.8. The largest absolute Gasteiger partial charge is 0.318 e. The second kappa shape index (κ2) is 8.48. The summed E-state index contributed by atoms with van der Waals surface area (Å²) in [6.45, 7) is 1.88. The number of hydrogen-bond donors (Lipinski definition) is 1. The van der Waals surface area contributed by atoms with Crippen LogP contribution in [0.25, 0.3) is 17.1 Å². The van der Waals surface area contributed by atoms with Gasteiger partial charge in [0.25, 0.3) is 5.91 Å². The van der Waals surface area contributed by atoms with Gasteiger partial charge in [0.15, 0.2) is 5.82 Å². The number of halogens is 3. The van der Waals surface area contributed by atoms with Gasteiger partial charge >= 0.3 is 0 Å². The molecule has 0 aliphatic heterocycles. The van der Waals surface area contributed by atoms with Crippen molar-refractivity contribution in [2.24, 2.45) is 0 Å². The standard InChI is InChI=1S/C22H15Cl3N4O/c1-13-16(24)9-5-11-19(13)29-21(14-6-4-7-15(23)12-14)27-20(28-29)22(30)26-18-10-3-2-8-17(18)25/h2-12H,1H3,(H,26,30). The number of nitrogens with one attached hydrogen (secondary N) is 1. The maximum absolute atomic E-state index is 12.9. The minimum absolute atomic E-state index is 0.00993. The molecule has 8 heteroatoms. The third kappa shape index (κ3) is 4.05. The number of benzene rings is 3. The van der Waals surface area contributed by atoms with Crippen LogP contribution in [0.2, 0.25) is 15.1 Å². The Morgan fingerprint density at radius 1 is 0.933 bits per heavy atom. The lowest BCUT2D eigenvalue weighted by molar-refractivity contribution is 0.101. The van der Waals surface area contributed by atoms with Crippen molar-refractivity contribution in [1.29, 1.82) is 0 Å². The van der Waals surface area contributed by atoms with E-state index in [1.54, 1.807) is 47.1 Å². The molecule has 0 fully saturated rings. The molecule has 0 bridgehead atoms. The number of aromatic nitrogens is 3. The Bertz CT molecular complexity index is 1250. The van der Waals surface area contributed by atoms with Gasteiger partial charge in [-0.15, -0.1) is 5.10 Å². The van der Waals surface area contributed by atoms with Crippen LogP contribution >= 0.6 is 34.8 Å². The van der Waals surface area contributed by atoms with Gasteiger partial charge in [-0.3, -0.25) is 4.79 Å². The first kappa shape index (κ1) is 20.4. The van der Waals surface area contributed by atoms with Crippen molar-refractivity contribution in [3.63, 3.8) is 0 Å². The van der Waals surface area contributed by atoms with Crippen LogP contribution < -0.4 is 5.32 Å². The van der Waals surface area contributed by atoms with Gasteiger partial charge in [-0.05, 0) is 48.9 Å². The molecule has 4 aromatic rings. The van der Waals surface area contributed by atoms with E-state index >= 15 is 0 Å². The molecule has 150 valence electrons. The van der Waals surface area contributed by atoms with Crippen molar-refractivity contribution in [3.05, 3.63) is 93.2 Å². The molecular weight excluding hydrogens is 443 g/mol. The maximum atomic E-state index is 12.9. The molecule has 0 saturated carbocycles. The Morgan fingerprint density at radius 2 is 1.67 bits per heavy atom. The summed E-state index contributed by atoms with van der Waals surface area (Å²) in [7, 11) is 0. The van der Waals surface area contributed by atoms with Crippen LogP contribution in [0.15, 0.2) is 66.7 Å². The van der Waals surface area contributed by atoms with Crippen molar-refractivity contribution in [1.82, 2.24) is 14.8 Å². The lowest BCUT2D eigenvalue weighted by atomic mass is 10.1. The summed E-state index contributed by atoms with van der Waals surface area (Å²) in [4.78, 5) is 17.3. The Morgan fingerprint density at radius 3 is 2.43 bits per heavy atom. The molecule has 4 rings (SSSR count). The van der Waals surface area contributed by atoms with Crippen molar-refractivity contribution in [2.45, 2.75) is 6.92 Å². The Kier molecular flexibility index (Phi) is 5.77. The first-order valence-corrected chi connectivity index (χ1v) is 10.1. The molecule has 0 unspecified atom stereocenters. The molecule has 0 saturated heterocycles. The summed E-state index contributed by atoms with van der Waals surface area (Å²) in [5.74, 6) is -0.0266. The fraction of sp³-hybridized carbons (Fsp3) is 0.0455. The summed E-state index contributed by atoms with van der Waals surface area (Å²) >= 11 is 18.6. The molecular formula is C22H15Cl3N4O. The Hall–Kier alpha value is -2.86. The van der Waals surface area contributed by atoms with Gasteiger partial charge in [0.1, 0.15) is 0 Å². The van der Waals surface area contributed by atoms with E-state index in [0.717, 1.165) is 5.56 Å². The molecule has 0 radical (unpaired) electrons. The predicted octanol–water partition coefficient (Wildman–Crippen LogP) is 6.46. The van der Waals surface area contributed by atoms with Gasteiger partial charge in [0.05, 0.1) is 16.4 Å². The zero-order valence-electron chi connectivity index (χ0n) is 15.7. The zero-order chi connectivity index (χ0) is 21.3. The third-order valence-corrected chi connectivity index (χ3v) is 5.46. The molecule has 0 aliphatic carbocycles. The van der Waals surface area contributed by atoms with E-state index in [1.807, 2.05) is 31.2 Å². The number of amides is 1. The zero-order valence-corrected chi connectivity index (χ0v) is 18.0. The van der Waals surface area contributed by atoms with E-state index in [-0.39, 0.29) is 5.82 Å². The molecule has 0 atom stereocenters. The highest BCUT2D eigenvalue weighted by atomic mass is 35.5. The van der Waals surface area contributed by atoms with Gasteiger partial charge in [-0.2, -0.15) is 0 Å². The minimum Gasteiger partial charge on any atom is -0.318 e. The van der Waals surface area contributed by atoms with Crippen LogP contribution in [0.4, 0.5) is 5.69 Å². The summed E-state index contributed by atoms with van der Waals surface area (Å²) in [6.07, 6.45) is 0. The van der Waals surface area contributed by atoms with Crippen molar-refractivity contribution < 1.29 is 4.79 Å². The van der Waals surface area contributed by atoms with Gasteiger partial charge in [-0.25, -0.2) is 9.67 Å². The third-order valence-electron chi connectivity index (χ3n) is 4.48. The van der Waals surface area contributed by atoms with E-state index in [9.17, 15) is 4.79 Å². The topological polar surface area (TPSA) is 59.8 Å². The van der Waals surface area contributed by atoms with Gasteiger partial charge < -0.3 is 5.32 Å². The van der Waals surface area contributed by atoms with Gasteiger partial charge in [-0.1, -0.05) is 65.1 Å². The van der Waals surface area contributed by atoms with E-state index in [1.165, 1.54) is 0 Å². The molecule has 5 nitrogen and oxygen atoms in total. The van der Waals surface area contributed by atoms with Crippen LogP contribution in [-0.4, -0.2) is 20.7 Å². The van der Waals surface area contributed by atoms with E-state index in [0.29, 0.717) is 37.8 Å². The summed E-state index contributed by atoms with van der Waals surface area (Å²) in [6, 6.07) is 19.6. The predicted molar refractivity (Wildman–Crippen MR) is 121 cm³/mol. The second-order valence-corrected chi connectivity index (χ2v) is 7.75. The first-order valence-electron chi connectivity index (χ1n) is 8.98. The highest BCUT2D eigenvalue weighted by molar-refractivity contribution is 6.34. The van der Waals surface area contributed by atoms with Crippen molar-refractivity contribution in [3.8, 4) is 17.1 Å². The molecule has 0 spiro atoms. The van der Waals surface area contributed by atoms with Crippen LogP contribution in [0, 0.1) is 6.92 Å². The molecule has 1 aromatic heterocycles. The number of rotatable bonds is 4. The van der Waals surface area contributed by atoms with Crippen LogP contribution in [-0.2, 0) is 0 Å². The lowest BCUT2D eigenvalue weighted by Crippen LogP contribution is -2.14. The smallest absolute Gasteiger partial charge is 0.295 e.